The van der Waals surface area contributed by atoms with Crippen LogP contribution < -0.4 is 0 Å². The molecule has 0 aliphatic rings. The van der Waals surface area contributed by atoms with Gasteiger partial charge >= 0.3 is 0 Å². The maximum absolute atomic E-state index is 11.6. The lowest BCUT2D eigenvalue weighted by Gasteiger charge is -2.19. The summed E-state index contributed by atoms with van der Waals surface area (Å²) in [6, 6.07) is 3.63. The van der Waals surface area contributed by atoms with E-state index in [9.17, 15) is 4.79 Å². The minimum atomic E-state index is -0.407. The Balaban J connectivity index is 2.50. The first-order valence-corrected chi connectivity index (χ1v) is 4.45. The van der Waals surface area contributed by atoms with Crippen LogP contribution in [0.1, 0.15) is 12.7 Å². The molecule has 1 aromatic rings. The number of nitrogens with zero attached hydrogens (tertiary/aromatic N) is 1. The van der Waals surface area contributed by atoms with Crippen LogP contribution in [0.4, 0.5) is 0 Å². The summed E-state index contributed by atoms with van der Waals surface area (Å²) < 4.78 is 10.1. The molecule has 1 heterocycles. The van der Waals surface area contributed by atoms with Gasteiger partial charge < -0.3 is 14.1 Å². The van der Waals surface area contributed by atoms with Gasteiger partial charge in [0.15, 0.2) is 0 Å². The molecular formula is C10H15NO3. The molecule has 0 aliphatic heterocycles. The average molecular weight is 197 g/mol. The molecule has 4 nitrogen and oxygen atoms in total. The van der Waals surface area contributed by atoms with Gasteiger partial charge in [0, 0.05) is 14.2 Å². The number of carbonyl (C=O) groups excluding carboxylic acids is 1. The lowest BCUT2D eigenvalue weighted by Crippen LogP contribution is -2.35. The quantitative estimate of drug-likeness (QED) is 0.730. The van der Waals surface area contributed by atoms with Crippen LogP contribution in [0, 0.1) is 0 Å². The van der Waals surface area contributed by atoms with E-state index in [2.05, 4.69) is 0 Å². The van der Waals surface area contributed by atoms with Crippen LogP contribution in [-0.4, -0.2) is 31.1 Å². The minimum Gasteiger partial charge on any atom is -0.467 e. The van der Waals surface area contributed by atoms with E-state index in [-0.39, 0.29) is 5.91 Å². The number of hydrogen-bond acceptors (Lipinski definition) is 3. The van der Waals surface area contributed by atoms with Crippen LogP contribution in [-0.2, 0) is 16.1 Å². The smallest absolute Gasteiger partial charge is 0.251 e. The Labute approximate surface area is 83.5 Å². The highest BCUT2D eigenvalue weighted by molar-refractivity contribution is 5.80. The maximum Gasteiger partial charge on any atom is 0.251 e. The molecule has 0 N–H and O–H groups in total. The van der Waals surface area contributed by atoms with Crippen LogP contribution in [0.25, 0.3) is 0 Å². The van der Waals surface area contributed by atoms with Gasteiger partial charge in [0.05, 0.1) is 12.8 Å². The monoisotopic (exact) mass is 197 g/mol. The van der Waals surface area contributed by atoms with Crippen molar-refractivity contribution in [2.75, 3.05) is 14.2 Å². The fourth-order valence-electron chi connectivity index (χ4n) is 1.13. The van der Waals surface area contributed by atoms with Crippen LogP contribution >= 0.6 is 0 Å². The summed E-state index contributed by atoms with van der Waals surface area (Å²) in [6.45, 7) is 2.19. The number of carbonyl (C=O) groups is 1. The normalized spacial score (nSPS) is 12.5. The number of rotatable bonds is 4. The van der Waals surface area contributed by atoms with E-state index < -0.39 is 6.10 Å². The van der Waals surface area contributed by atoms with Crippen molar-refractivity contribution in [1.82, 2.24) is 4.90 Å². The van der Waals surface area contributed by atoms with Crippen LogP contribution in [0.2, 0.25) is 0 Å². The summed E-state index contributed by atoms with van der Waals surface area (Å²) >= 11 is 0. The molecule has 0 bridgehead atoms. The molecule has 1 aromatic heterocycles. The van der Waals surface area contributed by atoms with Crippen LogP contribution in [0.5, 0.6) is 0 Å². The first-order chi connectivity index (χ1) is 6.65. The van der Waals surface area contributed by atoms with Gasteiger partial charge in [-0.05, 0) is 19.1 Å². The molecule has 0 saturated carbocycles. The zero-order valence-corrected chi connectivity index (χ0v) is 8.69. The number of likely N-dealkylation sites (N-methyl/N-ethyl adjacent to an activating group) is 1. The van der Waals surface area contributed by atoms with Crippen molar-refractivity contribution in [3.05, 3.63) is 24.2 Å². The molecule has 1 unspecified atom stereocenters. The number of hydrogen-bond donors (Lipinski definition) is 0. The molecule has 0 spiro atoms. The van der Waals surface area contributed by atoms with E-state index >= 15 is 0 Å². The second-order valence-corrected chi connectivity index (χ2v) is 3.15. The Kier molecular flexibility index (Phi) is 3.71. The van der Waals surface area contributed by atoms with Crippen LogP contribution in [0.3, 0.4) is 0 Å². The predicted molar refractivity (Wildman–Crippen MR) is 51.7 cm³/mol. The third-order valence-electron chi connectivity index (χ3n) is 2.05. The Morgan fingerprint density at radius 1 is 1.71 bits per heavy atom. The summed E-state index contributed by atoms with van der Waals surface area (Å²) in [7, 11) is 3.24. The first-order valence-electron chi connectivity index (χ1n) is 4.45. The summed E-state index contributed by atoms with van der Waals surface area (Å²) in [5.41, 5.74) is 0. The Bertz CT molecular complexity index is 282. The van der Waals surface area contributed by atoms with E-state index in [1.165, 1.54) is 7.11 Å². The molecule has 1 amide bonds. The van der Waals surface area contributed by atoms with Crippen molar-refractivity contribution in [2.45, 2.75) is 19.6 Å². The summed E-state index contributed by atoms with van der Waals surface area (Å²) in [4.78, 5) is 13.1. The summed E-state index contributed by atoms with van der Waals surface area (Å²) in [6.07, 6.45) is 1.18. The van der Waals surface area contributed by atoms with Crippen molar-refractivity contribution in [2.24, 2.45) is 0 Å². The lowest BCUT2D eigenvalue weighted by atomic mass is 10.3. The number of furan rings is 1. The molecule has 4 heteroatoms. The molecule has 14 heavy (non-hydrogen) atoms. The lowest BCUT2D eigenvalue weighted by molar-refractivity contribution is -0.140. The zero-order valence-electron chi connectivity index (χ0n) is 8.69. The predicted octanol–water partition coefficient (Wildman–Crippen LogP) is 1.27. The van der Waals surface area contributed by atoms with Gasteiger partial charge in [-0.2, -0.15) is 0 Å². The average Bonchev–Trinajstić information content (AvgIpc) is 2.68. The van der Waals surface area contributed by atoms with Gasteiger partial charge in [0.25, 0.3) is 5.91 Å². The highest BCUT2D eigenvalue weighted by Crippen LogP contribution is 2.05. The fraction of sp³-hybridized carbons (Fsp3) is 0.500. The van der Waals surface area contributed by atoms with E-state index in [0.29, 0.717) is 6.54 Å². The highest BCUT2D eigenvalue weighted by Gasteiger charge is 2.17. The molecular weight excluding hydrogens is 182 g/mol. The van der Waals surface area contributed by atoms with E-state index in [0.717, 1.165) is 5.76 Å². The standard InChI is InChI=1S/C10H15NO3/c1-8(13-3)10(12)11(2)7-9-5-4-6-14-9/h4-6,8H,7H2,1-3H3. The molecule has 78 valence electrons. The van der Waals surface area contributed by atoms with E-state index in [1.807, 2.05) is 6.07 Å². The van der Waals surface area contributed by atoms with Crippen molar-refractivity contribution in [1.29, 1.82) is 0 Å². The van der Waals surface area contributed by atoms with Crippen molar-refractivity contribution >= 4 is 5.91 Å². The van der Waals surface area contributed by atoms with Gasteiger partial charge in [-0.15, -0.1) is 0 Å². The molecule has 1 atom stereocenters. The molecule has 0 fully saturated rings. The number of ether oxygens (including phenoxy) is 1. The third kappa shape index (κ3) is 2.60. The third-order valence-corrected chi connectivity index (χ3v) is 2.05. The summed E-state index contributed by atoms with van der Waals surface area (Å²) in [5, 5.41) is 0. The Morgan fingerprint density at radius 2 is 2.43 bits per heavy atom. The maximum atomic E-state index is 11.6. The van der Waals surface area contributed by atoms with Gasteiger partial charge in [0.1, 0.15) is 11.9 Å². The number of methoxy groups -OCH3 is 1. The molecule has 0 aliphatic carbocycles. The van der Waals surface area contributed by atoms with E-state index in [1.54, 1.807) is 31.2 Å². The van der Waals surface area contributed by atoms with Crippen molar-refractivity contribution < 1.29 is 13.9 Å². The van der Waals surface area contributed by atoms with Gasteiger partial charge in [-0.25, -0.2) is 0 Å². The van der Waals surface area contributed by atoms with E-state index in [4.69, 9.17) is 9.15 Å². The van der Waals surface area contributed by atoms with Gasteiger partial charge in [-0.3, -0.25) is 4.79 Å². The largest absolute Gasteiger partial charge is 0.467 e. The molecule has 0 aromatic carbocycles. The SMILES string of the molecule is COC(C)C(=O)N(C)Cc1ccco1. The zero-order chi connectivity index (χ0) is 10.6. The molecule has 0 radical (unpaired) electrons. The second kappa shape index (κ2) is 4.81. The fourth-order valence-corrected chi connectivity index (χ4v) is 1.13. The van der Waals surface area contributed by atoms with Crippen LogP contribution in [0.15, 0.2) is 22.8 Å². The first kappa shape index (κ1) is 10.8. The second-order valence-electron chi connectivity index (χ2n) is 3.15. The minimum absolute atomic E-state index is 0.0519. The topological polar surface area (TPSA) is 42.7 Å². The highest BCUT2D eigenvalue weighted by atomic mass is 16.5. The van der Waals surface area contributed by atoms with Gasteiger partial charge in [0.2, 0.25) is 0 Å². The van der Waals surface area contributed by atoms with Crippen molar-refractivity contribution in [3.63, 3.8) is 0 Å². The Morgan fingerprint density at radius 3 is 2.93 bits per heavy atom. The molecule has 0 saturated heterocycles. The summed E-state index contributed by atoms with van der Waals surface area (Å²) in [5.74, 6) is 0.716. The van der Waals surface area contributed by atoms with Gasteiger partial charge in [-0.1, -0.05) is 0 Å². The molecule has 1 rings (SSSR count). The Hall–Kier alpha value is -1.29. The number of amides is 1. The van der Waals surface area contributed by atoms with Crippen molar-refractivity contribution in [3.8, 4) is 0 Å².